The molecular formula is C10H12N4OS. The number of rotatable bonds is 4. The summed E-state index contributed by atoms with van der Waals surface area (Å²) in [5, 5.41) is 13.1. The van der Waals surface area contributed by atoms with E-state index in [1.54, 1.807) is 30.8 Å². The predicted molar refractivity (Wildman–Crippen MR) is 62.5 cm³/mol. The highest BCUT2D eigenvalue weighted by molar-refractivity contribution is 7.14. The van der Waals surface area contributed by atoms with Crippen molar-refractivity contribution in [3.63, 3.8) is 0 Å². The summed E-state index contributed by atoms with van der Waals surface area (Å²) in [5.41, 5.74) is 0.928. The van der Waals surface area contributed by atoms with Gasteiger partial charge in [-0.2, -0.15) is 0 Å². The second-order valence-corrected chi connectivity index (χ2v) is 4.17. The SMILES string of the molecule is CNCc1nnc(-c2ccncc2OC)s1. The first-order valence-electron chi connectivity index (χ1n) is 4.80. The van der Waals surface area contributed by atoms with E-state index in [2.05, 4.69) is 20.5 Å². The number of aromatic nitrogens is 3. The minimum absolute atomic E-state index is 0.717. The van der Waals surface area contributed by atoms with Gasteiger partial charge in [-0.25, -0.2) is 0 Å². The minimum atomic E-state index is 0.717. The number of hydrogen-bond acceptors (Lipinski definition) is 6. The molecule has 0 aliphatic heterocycles. The highest BCUT2D eigenvalue weighted by Crippen LogP contribution is 2.30. The Hall–Kier alpha value is -1.53. The van der Waals surface area contributed by atoms with Crippen LogP contribution in [0, 0.1) is 0 Å². The molecule has 1 N–H and O–H groups in total. The van der Waals surface area contributed by atoms with Crippen LogP contribution in [0.15, 0.2) is 18.5 Å². The molecule has 0 spiro atoms. The molecule has 2 aromatic rings. The van der Waals surface area contributed by atoms with Gasteiger partial charge in [-0.3, -0.25) is 4.98 Å². The molecule has 2 rings (SSSR count). The fraction of sp³-hybridized carbons (Fsp3) is 0.300. The van der Waals surface area contributed by atoms with Crippen LogP contribution in [0.1, 0.15) is 5.01 Å². The first kappa shape index (κ1) is 11.0. The number of pyridine rings is 1. The van der Waals surface area contributed by atoms with E-state index in [-0.39, 0.29) is 0 Å². The molecule has 2 aromatic heterocycles. The van der Waals surface area contributed by atoms with Crippen LogP contribution in [0.4, 0.5) is 0 Å². The first-order chi connectivity index (χ1) is 7.85. The molecule has 0 atom stereocenters. The van der Waals surface area contributed by atoms with Gasteiger partial charge in [0.05, 0.1) is 18.9 Å². The van der Waals surface area contributed by atoms with E-state index in [9.17, 15) is 0 Å². The Balaban J connectivity index is 2.34. The van der Waals surface area contributed by atoms with Crippen molar-refractivity contribution in [3.8, 4) is 16.3 Å². The molecule has 0 bridgehead atoms. The van der Waals surface area contributed by atoms with E-state index in [1.807, 2.05) is 13.1 Å². The lowest BCUT2D eigenvalue weighted by atomic mass is 10.2. The lowest BCUT2D eigenvalue weighted by Gasteiger charge is -2.02. The van der Waals surface area contributed by atoms with Crippen LogP contribution in [-0.4, -0.2) is 29.3 Å². The topological polar surface area (TPSA) is 59.9 Å². The Kier molecular flexibility index (Phi) is 3.43. The molecule has 6 heteroatoms. The molecule has 0 aliphatic carbocycles. The Morgan fingerprint density at radius 2 is 2.31 bits per heavy atom. The first-order valence-corrected chi connectivity index (χ1v) is 5.62. The molecule has 0 radical (unpaired) electrons. The van der Waals surface area contributed by atoms with E-state index in [0.717, 1.165) is 27.9 Å². The van der Waals surface area contributed by atoms with Gasteiger partial charge in [-0.1, -0.05) is 11.3 Å². The van der Waals surface area contributed by atoms with Crippen molar-refractivity contribution in [2.75, 3.05) is 14.2 Å². The van der Waals surface area contributed by atoms with E-state index in [4.69, 9.17) is 4.74 Å². The van der Waals surface area contributed by atoms with Gasteiger partial charge in [0.15, 0.2) is 5.01 Å². The fourth-order valence-electron chi connectivity index (χ4n) is 1.30. The van der Waals surface area contributed by atoms with Crippen molar-refractivity contribution >= 4 is 11.3 Å². The second kappa shape index (κ2) is 5.00. The van der Waals surface area contributed by atoms with Gasteiger partial charge in [0.25, 0.3) is 0 Å². The van der Waals surface area contributed by atoms with Crippen molar-refractivity contribution in [2.45, 2.75) is 6.54 Å². The minimum Gasteiger partial charge on any atom is -0.494 e. The van der Waals surface area contributed by atoms with Crippen molar-refractivity contribution in [2.24, 2.45) is 0 Å². The molecule has 0 saturated carbocycles. The summed E-state index contributed by atoms with van der Waals surface area (Å²) in [4.78, 5) is 4.00. The van der Waals surface area contributed by atoms with Crippen molar-refractivity contribution in [1.29, 1.82) is 0 Å². The summed E-state index contributed by atoms with van der Waals surface area (Å²) in [6.45, 7) is 0.727. The Labute approximate surface area is 97.5 Å². The molecule has 0 saturated heterocycles. The standard InChI is InChI=1S/C10H12N4OS/c1-11-6-9-13-14-10(16-9)7-3-4-12-5-8(7)15-2/h3-5,11H,6H2,1-2H3. The van der Waals surface area contributed by atoms with Crippen LogP contribution in [0.25, 0.3) is 10.6 Å². The molecule has 0 unspecified atom stereocenters. The zero-order valence-electron chi connectivity index (χ0n) is 9.10. The summed E-state index contributed by atoms with van der Waals surface area (Å²) in [7, 11) is 3.50. The fourth-order valence-corrected chi connectivity index (χ4v) is 2.19. The zero-order valence-corrected chi connectivity index (χ0v) is 9.91. The van der Waals surface area contributed by atoms with Crippen LogP contribution in [0.5, 0.6) is 5.75 Å². The summed E-state index contributed by atoms with van der Waals surface area (Å²) in [5.74, 6) is 0.717. The second-order valence-electron chi connectivity index (χ2n) is 3.11. The summed E-state index contributed by atoms with van der Waals surface area (Å²) in [6.07, 6.45) is 3.39. The maximum Gasteiger partial charge on any atom is 0.151 e. The maximum absolute atomic E-state index is 5.23. The van der Waals surface area contributed by atoms with Gasteiger partial charge < -0.3 is 10.1 Å². The lowest BCUT2D eigenvalue weighted by Crippen LogP contribution is -2.04. The normalized spacial score (nSPS) is 10.4. The molecule has 0 aromatic carbocycles. The zero-order chi connectivity index (χ0) is 11.4. The summed E-state index contributed by atoms with van der Waals surface area (Å²) < 4.78 is 5.23. The Bertz CT molecular complexity index is 471. The number of hydrogen-bond donors (Lipinski definition) is 1. The smallest absolute Gasteiger partial charge is 0.151 e. The number of ether oxygens (including phenoxy) is 1. The number of nitrogens with one attached hydrogen (secondary N) is 1. The highest BCUT2D eigenvalue weighted by Gasteiger charge is 2.10. The molecule has 0 fully saturated rings. The molecular weight excluding hydrogens is 224 g/mol. The number of methoxy groups -OCH3 is 1. The Morgan fingerprint density at radius 1 is 1.44 bits per heavy atom. The summed E-state index contributed by atoms with van der Waals surface area (Å²) >= 11 is 1.55. The predicted octanol–water partition coefficient (Wildman–Crippen LogP) is 1.33. The molecule has 0 aliphatic rings. The van der Waals surface area contributed by atoms with E-state index < -0.39 is 0 Å². The maximum atomic E-state index is 5.23. The van der Waals surface area contributed by atoms with E-state index in [1.165, 1.54) is 0 Å². The molecule has 84 valence electrons. The quantitative estimate of drug-likeness (QED) is 0.867. The van der Waals surface area contributed by atoms with Gasteiger partial charge in [0, 0.05) is 12.7 Å². The number of nitrogens with zero attached hydrogens (tertiary/aromatic N) is 3. The lowest BCUT2D eigenvalue weighted by molar-refractivity contribution is 0.414. The van der Waals surface area contributed by atoms with Crippen LogP contribution in [0.2, 0.25) is 0 Å². The summed E-state index contributed by atoms with van der Waals surface area (Å²) in [6, 6.07) is 1.88. The van der Waals surface area contributed by atoms with E-state index >= 15 is 0 Å². The molecule has 16 heavy (non-hydrogen) atoms. The van der Waals surface area contributed by atoms with Gasteiger partial charge in [0.1, 0.15) is 10.8 Å². The average Bonchev–Trinajstić information content (AvgIpc) is 2.78. The Morgan fingerprint density at radius 3 is 3.06 bits per heavy atom. The van der Waals surface area contributed by atoms with Gasteiger partial charge in [-0.05, 0) is 13.1 Å². The molecule has 0 amide bonds. The molecule has 2 heterocycles. The van der Waals surface area contributed by atoms with Crippen LogP contribution in [0.3, 0.4) is 0 Å². The van der Waals surface area contributed by atoms with E-state index in [0.29, 0.717) is 0 Å². The third-order valence-electron chi connectivity index (χ3n) is 2.03. The van der Waals surface area contributed by atoms with Gasteiger partial charge in [0.2, 0.25) is 0 Å². The monoisotopic (exact) mass is 236 g/mol. The third kappa shape index (κ3) is 2.17. The third-order valence-corrected chi connectivity index (χ3v) is 2.99. The van der Waals surface area contributed by atoms with Crippen LogP contribution < -0.4 is 10.1 Å². The average molecular weight is 236 g/mol. The van der Waals surface area contributed by atoms with Gasteiger partial charge in [-0.15, -0.1) is 10.2 Å². The van der Waals surface area contributed by atoms with Crippen molar-refractivity contribution in [1.82, 2.24) is 20.5 Å². The highest BCUT2D eigenvalue weighted by atomic mass is 32.1. The molecule has 5 nitrogen and oxygen atoms in total. The van der Waals surface area contributed by atoms with Crippen LogP contribution in [-0.2, 0) is 6.54 Å². The van der Waals surface area contributed by atoms with Crippen LogP contribution >= 0.6 is 11.3 Å². The largest absolute Gasteiger partial charge is 0.494 e. The van der Waals surface area contributed by atoms with Crippen molar-refractivity contribution < 1.29 is 4.74 Å². The van der Waals surface area contributed by atoms with Gasteiger partial charge >= 0.3 is 0 Å². The van der Waals surface area contributed by atoms with Crippen molar-refractivity contribution in [3.05, 3.63) is 23.5 Å².